The van der Waals surface area contributed by atoms with E-state index in [0.29, 0.717) is 6.04 Å². The number of amides is 1. The van der Waals surface area contributed by atoms with Crippen LogP contribution in [0.2, 0.25) is 0 Å². The topological polar surface area (TPSA) is 55.6 Å². The molecular weight excluding hydrogens is 180 g/mol. The SMILES string of the molecule is CCN(C(=O)C(CN)OC)C1CCC1. The Morgan fingerprint density at radius 1 is 1.64 bits per heavy atom. The molecule has 1 aliphatic rings. The van der Waals surface area contributed by atoms with Crippen LogP contribution in [0, 0.1) is 0 Å². The Bertz CT molecular complexity index is 189. The molecular formula is C10H20N2O2. The molecule has 1 rings (SSSR count). The van der Waals surface area contributed by atoms with Gasteiger partial charge >= 0.3 is 0 Å². The molecule has 1 fully saturated rings. The predicted molar refractivity (Wildman–Crippen MR) is 54.9 cm³/mol. The average Bonchev–Trinajstić information content (AvgIpc) is 2.12. The molecule has 0 spiro atoms. The Kier molecular flexibility index (Phi) is 4.35. The molecule has 0 heterocycles. The zero-order valence-corrected chi connectivity index (χ0v) is 9.03. The first kappa shape index (κ1) is 11.5. The molecule has 14 heavy (non-hydrogen) atoms. The van der Waals surface area contributed by atoms with Gasteiger partial charge in [-0.25, -0.2) is 0 Å². The number of likely N-dealkylation sites (N-methyl/N-ethyl adjacent to an activating group) is 1. The third kappa shape index (κ3) is 2.25. The molecule has 82 valence electrons. The van der Waals surface area contributed by atoms with E-state index in [1.807, 2.05) is 11.8 Å². The largest absolute Gasteiger partial charge is 0.370 e. The predicted octanol–water partition coefficient (Wildman–Crippen LogP) is 0.361. The van der Waals surface area contributed by atoms with E-state index in [1.165, 1.54) is 13.5 Å². The van der Waals surface area contributed by atoms with Gasteiger partial charge in [-0.15, -0.1) is 0 Å². The summed E-state index contributed by atoms with van der Waals surface area (Å²) in [4.78, 5) is 13.8. The summed E-state index contributed by atoms with van der Waals surface area (Å²) in [7, 11) is 1.53. The normalized spacial score (nSPS) is 18.8. The van der Waals surface area contributed by atoms with Crippen LogP contribution in [-0.4, -0.2) is 43.2 Å². The van der Waals surface area contributed by atoms with E-state index in [0.717, 1.165) is 19.4 Å². The maximum atomic E-state index is 11.9. The summed E-state index contributed by atoms with van der Waals surface area (Å²) in [5, 5.41) is 0. The molecule has 1 aliphatic carbocycles. The number of nitrogens with two attached hydrogens (primary N) is 1. The van der Waals surface area contributed by atoms with Crippen molar-refractivity contribution in [3.05, 3.63) is 0 Å². The van der Waals surface area contributed by atoms with Crippen molar-refractivity contribution in [3.8, 4) is 0 Å². The standard InChI is InChI=1S/C10H20N2O2/c1-3-12(8-5-4-6-8)10(13)9(7-11)14-2/h8-9H,3-7,11H2,1-2H3. The summed E-state index contributed by atoms with van der Waals surface area (Å²) < 4.78 is 5.05. The number of carbonyl (C=O) groups is 1. The van der Waals surface area contributed by atoms with Crippen molar-refractivity contribution in [2.24, 2.45) is 5.73 Å². The molecule has 0 aliphatic heterocycles. The Morgan fingerprint density at radius 3 is 2.57 bits per heavy atom. The fourth-order valence-electron chi connectivity index (χ4n) is 1.78. The first-order valence-corrected chi connectivity index (χ1v) is 5.27. The maximum Gasteiger partial charge on any atom is 0.253 e. The van der Waals surface area contributed by atoms with Crippen LogP contribution in [0.3, 0.4) is 0 Å². The molecule has 0 saturated heterocycles. The van der Waals surface area contributed by atoms with Gasteiger partial charge in [0.2, 0.25) is 0 Å². The van der Waals surface area contributed by atoms with Crippen LogP contribution in [0.1, 0.15) is 26.2 Å². The Hall–Kier alpha value is -0.610. The van der Waals surface area contributed by atoms with Crippen molar-refractivity contribution < 1.29 is 9.53 Å². The van der Waals surface area contributed by atoms with E-state index >= 15 is 0 Å². The van der Waals surface area contributed by atoms with Gasteiger partial charge in [0.1, 0.15) is 6.10 Å². The van der Waals surface area contributed by atoms with Crippen LogP contribution in [-0.2, 0) is 9.53 Å². The van der Waals surface area contributed by atoms with Gasteiger partial charge in [-0.1, -0.05) is 0 Å². The quantitative estimate of drug-likeness (QED) is 0.697. The maximum absolute atomic E-state index is 11.9. The third-order valence-electron chi connectivity index (χ3n) is 2.91. The number of hydrogen-bond donors (Lipinski definition) is 1. The van der Waals surface area contributed by atoms with Gasteiger partial charge in [0.25, 0.3) is 5.91 Å². The molecule has 1 unspecified atom stereocenters. The molecule has 2 N–H and O–H groups in total. The zero-order valence-electron chi connectivity index (χ0n) is 9.03. The van der Waals surface area contributed by atoms with Gasteiger partial charge in [-0.05, 0) is 26.2 Å². The Morgan fingerprint density at radius 2 is 2.29 bits per heavy atom. The van der Waals surface area contributed by atoms with Gasteiger partial charge in [-0.2, -0.15) is 0 Å². The summed E-state index contributed by atoms with van der Waals surface area (Å²) in [6, 6.07) is 0.428. The van der Waals surface area contributed by atoms with E-state index in [-0.39, 0.29) is 12.5 Å². The number of nitrogens with zero attached hydrogens (tertiary/aromatic N) is 1. The number of ether oxygens (including phenoxy) is 1. The minimum atomic E-state index is -0.462. The van der Waals surface area contributed by atoms with E-state index in [9.17, 15) is 4.79 Å². The summed E-state index contributed by atoms with van der Waals surface area (Å²) >= 11 is 0. The molecule has 4 heteroatoms. The van der Waals surface area contributed by atoms with Crippen molar-refractivity contribution in [2.75, 3.05) is 20.2 Å². The van der Waals surface area contributed by atoms with Crippen LogP contribution >= 0.6 is 0 Å². The van der Waals surface area contributed by atoms with Gasteiger partial charge in [0.05, 0.1) is 0 Å². The van der Waals surface area contributed by atoms with Crippen LogP contribution < -0.4 is 5.73 Å². The average molecular weight is 200 g/mol. The van der Waals surface area contributed by atoms with Gasteiger partial charge < -0.3 is 15.4 Å². The Labute approximate surface area is 85.4 Å². The highest BCUT2D eigenvalue weighted by Gasteiger charge is 2.31. The van der Waals surface area contributed by atoms with Crippen LogP contribution in [0.15, 0.2) is 0 Å². The lowest BCUT2D eigenvalue weighted by atomic mass is 9.91. The smallest absolute Gasteiger partial charge is 0.253 e. The van der Waals surface area contributed by atoms with Crippen LogP contribution in [0.4, 0.5) is 0 Å². The third-order valence-corrected chi connectivity index (χ3v) is 2.91. The molecule has 1 amide bonds. The number of methoxy groups -OCH3 is 1. The minimum Gasteiger partial charge on any atom is -0.370 e. The molecule has 1 atom stereocenters. The van der Waals surface area contributed by atoms with E-state index in [1.54, 1.807) is 0 Å². The number of hydrogen-bond acceptors (Lipinski definition) is 3. The second-order valence-electron chi connectivity index (χ2n) is 3.67. The lowest BCUT2D eigenvalue weighted by Gasteiger charge is -2.38. The lowest BCUT2D eigenvalue weighted by Crippen LogP contribution is -2.50. The number of carbonyl (C=O) groups excluding carboxylic acids is 1. The molecule has 0 aromatic heterocycles. The molecule has 4 nitrogen and oxygen atoms in total. The second kappa shape index (κ2) is 5.32. The van der Waals surface area contributed by atoms with E-state index in [4.69, 9.17) is 10.5 Å². The fraction of sp³-hybridized carbons (Fsp3) is 0.900. The highest BCUT2D eigenvalue weighted by molar-refractivity contribution is 5.81. The number of rotatable bonds is 5. The van der Waals surface area contributed by atoms with Crippen molar-refractivity contribution in [1.29, 1.82) is 0 Å². The van der Waals surface area contributed by atoms with Gasteiger partial charge in [-0.3, -0.25) is 4.79 Å². The van der Waals surface area contributed by atoms with Gasteiger partial charge in [0, 0.05) is 26.2 Å². The van der Waals surface area contributed by atoms with E-state index < -0.39 is 6.10 Å². The van der Waals surface area contributed by atoms with Crippen molar-refractivity contribution in [1.82, 2.24) is 4.90 Å². The monoisotopic (exact) mass is 200 g/mol. The van der Waals surface area contributed by atoms with Crippen LogP contribution in [0.5, 0.6) is 0 Å². The molecule has 1 saturated carbocycles. The first-order chi connectivity index (χ1) is 6.74. The Balaban J connectivity index is 2.53. The lowest BCUT2D eigenvalue weighted by molar-refractivity contribution is -0.145. The first-order valence-electron chi connectivity index (χ1n) is 5.27. The summed E-state index contributed by atoms with van der Waals surface area (Å²) in [6.45, 7) is 3.02. The van der Waals surface area contributed by atoms with Gasteiger partial charge in [0.15, 0.2) is 0 Å². The highest BCUT2D eigenvalue weighted by Crippen LogP contribution is 2.25. The molecule has 0 radical (unpaired) electrons. The van der Waals surface area contributed by atoms with E-state index in [2.05, 4.69) is 0 Å². The minimum absolute atomic E-state index is 0.0437. The van der Waals surface area contributed by atoms with Crippen molar-refractivity contribution >= 4 is 5.91 Å². The summed E-state index contributed by atoms with van der Waals surface area (Å²) in [6.07, 6.45) is 3.02. The zero-order chi connectivity index (χ0) is 10.6. The van der Waals surface area contributed by atoms with Crippen molar-refractivity contribution in [3.63, 3.8) is 0 Å². The van der Waals surface area contributed by atoms with Crippen molar-refractivity contribution in [2.45, 2.75) is 38.3 Å². The molecule has 0 aromatic carbocycles. The highest BCUT2D eigenvalue weighted by atomic mass is 16.5. The molecule has 0 aromatic rings. The summed E-state index contributed by atoms with van der Waals surface area (Å²) in [5.41, 5.74) is 5.46. The fourth-order valence-corrected chi connectivity index (χ4v) is 1.78. The second-order valence-corrected chi connectivity index (χ2v) is 3.67. The van der Waals surface area contributed by atoms with Crippen LogP contribution in [0.25, 0.3) is 0 Å². The summed E-state index contributed by atoms with van der Waals surface area (Å²) in [5.74, 6) is 0.0437. The molecule has 0 bridgehead atoms.